The SMILES string of the molecule is NC(c1ccc(C(F)(F)F)cc1)c1cc(Br)sc1Br. The van der Waals surface area contributed by atoms with Crippen LogP contribution in [0.2, 0.25) is 0 Å². The van der Waals surface area contributed by atoms with Crippen molar-refractivity contribution in [3.8, 4) is 0 Å². The van der Waals surface area contributed by atoms with Crippen LogP contribution in [0.5, 0.6) is 0 Å². The summed E-state index contributed by atoms with van der Waals surface area (Å²) in [6.07, 6.45) is -4.32. The summed E-state index contributed by atoms with van der Waals surface area (Å²) in [6, 6.07) is 6.31. The number of nitrogens with two attached hydrogens (primary N) is 1. The second-order valence-corrected chi connectivity index (χ2v) is 7.63. The van der Waals surface area contributed by atoms with Crippen molar-refractivity contribution in [1.29, 1.82) is 0 Å². The molecule has 0 spiro atoms. The first-order chi connectivity index (χ1) is 8.79. The van der Waals surface area contributed by atoms with Crippen LogP contribution in [0.25, 0.3) is 0 Å². The van der Waals surface area contributed by atoms with Crippen LogP contribution in [-0.2, 0) is 6.18 Å². The third-order valence-corrected chi connectivity index (χ3v) is 5.00. The van der Waals surface area contributed by atoms with Crippen LogP contribution in [0.15, 0.2) is 37.9 Å². The molecule has 1 aromatic carbocycles. The van der Waals surface area contributed by atoms with Crippen molar-refractivity contribution < 1.29 is 13.2 Å². The largest absolute Gasteiger partial charge is 0.416 e. The van der Waals surface area contributed by atoms with Gasteiger partial charge >= 0.3 is 6.18 Å². The van der Waals surface area contributed by atoms with Crippen LogP contribution in [0, 0.1) is 0 Å². The predicted molar refractivity (Wildman–Crippen MR) is 77.2 cm³/mol. The minimum Gasteiger partial charge on any atom is -0.320 e. The van der Waals surface area contributed by atoms with E-state index in [2.05, 4.69) is 31.9 Å². The first-order valence-electron chi connectivity index (χ1n) is 5.16. The van der Waals surface area contributed by atoms with E-state index in [1.54, 1.807) is 0 Å². The molecule has 7 heteroatoms. The van der Waals surface area contributed by atoms with Crippen LogP contribution < -0.4 is 5.73 Å². The Kier molecular flexibility index (Phi) is 4.39. The molecule has 2 aromatic rings. The van der Waals surface area contributed by atoms with Crippen molar-refractivity contribution in [3.63, 3.8) is 0 Å². The third-order valence-electron chi connectivity index (χ3n) is 2.62. The van der Waals surface area contributed by atoms with Crippen molar-refractivity contribution in [2.75, 3.05) is 0 Å². The van der Waals surface area contributed by atoms with Gasteiger partial charge in [-0.25, -0.2) is 0 Å². The van der Waals surface area contributed by atoms with Crippen molar-refractivity contribution in [1.82, 2.24) is 0 Å². The summed E-state index contributed by atoms with van der Waals surface area (Å²) in [5.74, 6) is 0. The van der Waals surface area contributed by atoms with E-state index >= 15 is 0 Å². The van der Waals surface area contributed by atoms with E-state index < -0.39 is 17.8 Å². The van der Waals surface area contributed by atoms with Gasteiger partial charge in [0.25, 0.3) is 0 Å². The van der Waals surface area contributed by atoms with Gasteiger partial charge in [0.1, 0.15) is 0 Å². The van der Waals surface area contributed by atoms with Gasteiger partial charge < -0.3 is 5.73 Å². The minimum atomic E-state index is -4.32. The minimum absolute atomic E-state index is 0.459. The van der Waals surface area contributed by atoms with Gasteiger partial charge in [-0.2, -0.15) is 13.2 Å². The number of alkyl halides is 3. The highest BCUT2D eigenvalue weighted by Crippen LogP contribution is 2.37. The predicted octanol–water partition coefficient (Wildman–Crippen LogP) is 5.34. The average molecular weight is 415 g/mol. The van der Waals surface area contributed by atoms with Crippen LogP contribution in [-0.4, -0.2) is 0 Å². The Morgan fingerprint density at radius 1 is 1.11 bits per heavy atom. The van der Waals surface area contributed by atoms with E-state index in [4.69, 9.17) is 5.73 Å². The average Bonchev–Trinajstić information content (AvgIpc) is 2.66. The standard InChI is InChI=1S/C12H8Br2F3NS/c13-9-5-8(11(14)19-9)10(18)6-1-3-7(4-2-6)12(15,16)17/h1-5,10H,18H2. The summed E-state index contributed by atoms with van der Waals surface area (Å²) in [5.41, 5.74) is 6.87. The fraction of sp³-hybridized carbons (Fsp3) is 0.167. The molecule has 19 heavy (non-hydrogen) atoms. The molecule has 0 bridgehead atoms. The highest BCUT2D eigenvalue weighted by atomic mass is 79.9. The van der Waals surface area contributed by atoms with Crippen molar-refractivity contribution >= 4 is 43.2 Å². The van der Waals surface area contributed by atoms with Gasteiger partial charge in [0.05, 0.1) is 19.2 Å². The lowest BCUT2D eigenvalue weighted by Crippen LogP contribution is -2.12. The fourth-order valence-corrected chi connectivity index (χ4v) is 4.55. The van der Waals surface area contributed by atoms with Crippen molar-refractivity contribution in [2.24, 2.45) is 5.73 Å². The molecule has 0 aliphatic carbocycles. The molecule has 0 fully saturated rings. The third kappa shape index (κ3) is 3.39. The lowest BCUT2D eigenvalue weighted by Gasteiger charge is -2.13. The molecule has 0 amide bonds. The maximum Gasteiger partial charge on any atom is 0.416 e. The van der Waals surface area contributed by atoms with Crippen molar-refractivity contribution in [2.45, 2.75) is 12.2 Å². The number of thiophene rings is 1. The molecule has 1 nitrogen and oxygen atoms in total. The Hall–Kier alpha value is -0.370. The summed E-state index contributed by atoms with van der Waals surface area (Å²) in [7, 11) is 0. The lowest BCUT2D eigenvalue weighted by atomic mass is 10.0. The molecule has 0 saturated heterocycles. The molecule has 0 aliphatic rings. The normalized spacial score (nSPS) is 13.6. The topological polar surface area (TPSA) is 26.0 Å². The zero-order chi connectivity index (χ0) is 14.2. The van der Waals surface area contributed by atoms with Gasteiger partial charge in [-0.05, 0) is 61.2 Å². The Balaban J connectivity index is 2.30. The fourth-order valence-electron chi connectivity index (χ4n) is 1.62. The molecule has 2 N–H and O–H groups in total. The Labute approximate surface area is 128 Å². The van der Waals surface area contributed by atoms with Crippen LogP contribution in [0.1, 0.15) is 22.7 Å². The molecule has 2 rings (SSSR count). The van der Waals surface area contributed by atoms with Gasteiger partial charge in [-0.3, -0.25) is 0 Å². The van der Waals surface area contributed by atoms with Crippen LogP contribution >= 0.6 is 43.2 Å². The van der Waals surface area contributed by atoms with Gasteiger partial charge in [-0.1, -0.05) is 12.1 Å². The van der Waals surface area contributed by atoms with E-state index in [-0.39, 0.29) is 0 Å². The molecular formula is C12H8Br2F3NS. The Morgan fingerprint density at radius 3 is 2.11 bits per heavy atom. The van der Waals surface area contributed by atoms with Crippen molar-refractivity contribution in [3.05, 3.63) is 54.6 Å². The maximum absolute atomic E-state index is 12.5. The van der Waals surface area contributed by atoms with Crippen LogP contribution in [0.3, 0.4) is 0 Å². The number of halogens is 5. The second kappa shape index (κ2) is 5.55. The molecule has 1 aromatic heterocycles. The first kappa shape index (κ1) is 15.0. The second-order valence-electron chi connectivity index (χ2n) is 3.88. The van der Waals surface area contributed by atoms with E-state index in [9.17, 15) is 13.2 Å². The zero-order valence-corrected chi connectivity index (χ0v) is 13.3. The molecule has 0 saturated carbocycles. The molecule has 1 heterocycles. The smallest absolute Gasteiger partial charge is 0.320 e. The molecule has 1 unspecified atom stereocenters. The number of hydrogen-bond acceptors (Lipinski definition) is 2. The van der Waals surface area contributed by atoms with Gasteiger partial charge in [0, 0.05) is 0 Å². The Bertz CT molecular complexity index is 578. The van der Waals surface area contributed by atoms with E-state index in [0.29, 0.717) is 5.56 Å². The quantitative estimate of drug-likeness (QED) is 0.705. The lowest BCUT2D eigenvalue weighted by molar-refractivity contribution is -0.137. The molecule has 0 aliphatic heterocycles. The highest BCUT2D eigenvalue weighted by molar-refractivity contribution is 9.12. The number of hydrogen-bond donors (Lipinski definition) is 1. The number of benzene rings is 1. The van der Waals surface area contributed by atoms with Gasteiger partial charge in [0.15, 0.2) is 0 Å². The zero-order valence-electron chi connectivity index (χ0n) is 9.34. The summed E-state index contributed by atoms with van der Waals surface area (Å²) >= 11 is 8.21. The monoisotopic (exact) mass is 413 g/mol. The maximum atomic E-state index is 12.5. The summed E-state index contributed by atoms with van der Waals surface area (Å²) < 4.78 is 39.2. The first-order valence-corrected chi connectivity index (χ1v) is 7.57. The summed E-state index contributed by atoms with van der Waals surface area (Å²) in [6.45, 7) is 0. The highest BCUT2D eigenvalue weighted by Gasteiger charge is 2.30. The Morgan fingerprint density at radius 2 is 1.68 bits per heavy atom. The molecule has 0 radical (unpaired) electrons. The van der Waals surface area contributed by atoms with E-state index in [0.717, 1.165) is 25.3 Å². The number of rotatable bonds is 2. The van der Waals surface area contributed by atoms with Gasteiger partial charge in [-0.15, -0.1) is 11.3 Å². The summed E-state index contributed by atoms with van der Waals surface area (Å²) in [4.78, 5) is 0. The molecule has 1 atom stereocenters. The van der Waals surface area contributed by atoms with E-state index in [1.807, 2.05) is 6.07 Å². The molecule has 102 valence electrons. The van der Waals surface area contributed by atoms with E-state index in [1.165, 1.54) is 23.5 Å². The van der Waals surface area contributed by atoms with Gasteiger partial charge in [0.2, 0.25) is 0 Å². The summed E-state index contributed by atoms with van der Waals surface area (Å²) in [5, 5.41) is 0. The van der Waals surface area contributed by atoms with Crippen LogP contribution in [0.4, 0.5) is 13.2 Å². The molecular weight excluding hydrogens is 407 g/mol.